The SMILES string of the molecule is O=COC=C1CO1. The molecule has 3 nitrogen and oxygen atoms in total. The minimum atomic E-state index is 0.356. The molecular formula is C4H4O3. The molecule has 38 valence electrons. The van der Waals surface area contributed by atoms with Gasteiger partial charge in [-0.15, -0.1) is 0 Å². The molecule has 0 aliphatic carbocycles. The van der Waals surface area contributed by atoms with E-state index < -0.39 is 0 Å². The van der Waals surface area contributed by atoms with Crippen LogP contribution in [0.2, 0.25) is 0 Å². The lowest BCUT2D eigenvalue weighted by Crippen LogP contribution is -1.70. The summed E-state index contributed by atoms with van der Waals surface area (Å²) in [7, 11) is 0. The topological polar surface area (TPSA) is 38.8 Å². The van der Waals surface area contributed by atoms with E-state index in [1.807, 2.05) is 0 Å². The third-order valence-electron chi connectivity index (χ3n) is 0.566. The number of ether oxygens (including phenoxy) is 2. The monoisotopic (exact) mass is 100 g/mol. The lowest BCUT2D eigenvalue weighted by Gasteiger charge is -1.73. The van der Waals surface area contributed by atoms with Crippen molar-refractivity contribution in [3.05, 3.63) is 12.0 Å². The Hall–Kier alpha value is -0.990. The summed E-state index contributed by atoms with van der Waals surface area (Å²) in [6.07, 6.45) is 1.28. The van der Waals surface area contributed by atoms with Crippen LogP contribution >= 0.6 is 0 Å². The number of hydrogen-bond acceptors (Lipinski definition) is 3. The zero-order valence-electron chi connectivity index (χ0n) is 3.59. The van der Waals surface area contributed by atoms with Crippen LogP contribution in [0.4, 0.5) is 0 Å². The minimum Gasteiger partial charge on any atom is -0.483 e. The summed E-state index contributed by atoms with van der Waals surface area (Å²) < 4.78 is 8.78. The summed E-state index contributed by atoms with van der Waals surface area (Å²) in [4.78, 5) is 9.41. The Morgan fingerprint density at radius 1 is 1.86 bits per heavy atom. The Kier molecular flexibility index (Phi) is 0.978. The number of carbonyl (C=O) groups is 1. The molecule has 0 atom stereocenters. The number of rotatable bonds is 2. The van der Waals surface area contributed by atoms with Crippen LogP contribution in [0.1, 0.15) is 0 Å². The van der Waals surface area contributed by atoms with Crippen molar-refractivity contribution < 1.29 is 14.3 Å². The number of carbonyl (C=O) groups excluding carboxylic acids is 1. The smallest absolute Gasteiger partial charge is 0.298 e. The zero-order chi connectivity index (χ0) is 5.11. The maximum Gasteiger partial charge on any atom is 0.298 e. The average molecular weight is 100 g/mol. The van der Waals surface area contributed by atoms with Crippen molar-refractivity contribution in [1.82, 2.24) is 0 Å². The fourth-order valence-corrected chi connectivity index (χ4v) is 0.213. The third kappa shape index (κ3) is 1.26. The first-order chi connectivity index (χ1) is 3.43. The molecular weight excluding hydrogens is 96.0 g/mol. The fraction of sp³-hybridized carbons (Fsp3) is 0.250. The Labute approximate surface area is 40.5 Å². The maximum absolute atomic E-state index is 9.41. The fourth-order valence-electron chi connectivity index (χ4n) is 0.213. The van der Waals surface area contributed by atoms with Gasteiger partial charge in [-0.25, -0.2) is 0 Å². The highest BCUT2D eigenvalue weighted by Gasteiger charge is 2.11. The molecule has 1 rings (SSSR count). The Morgan fingerprint density at radius 3 is 3.00 bits per heavy atom. The molecule has 0 spiro atoms. The van der Waals surface area contributed by atoms with E-state index in [1.54, 1.807) is 0 Å². The second-order valence-electron chi connectivity index (χ2n) is 1.11. The second-order valence-corrected chi connectivity index (χ2v) is 1.11. The van der Waals surface area contributed by atoms with Crippen LogP contribution in [0.3, 0.4) is 0 Å². The van der Waals surface area contributed by atoms with Gasteiger partial charge in [0.05, 0.1) is 0 Å². The van der Waals surface area contributed by atoms with E-state index in [-0.39, 0.29) is 0 Å². The van der Waals surface area contributed by atoms with Gasteiger partial charge in [0.15, 0.2) is 5.76 Å². The summed E-state index contributed by atoms with van der Waals surface area (Å²) in [5, 5.41) is 0. The molecule has 1 saturated heterocycles. The van der Waals surface area contributed by atoms with Gasteiger partial charge in [0.25, 0.3) is 6.47 Å². The van der Waals surface area contributed by atoms with Gasteiger partial charge in [-0.2, -0.15) is 0 Å². The molecule has 0 N–H and O–H groups in total. The molecule has 0 aromatic heterocycles. The largest absolute Gasteiger partial charge is 0.483 e. The van der Waals surface area contributed by atoms with E-state index in [9.17, 15) is 4.79 Å². The highest BCUT2D eigenvalue weighted by atomic mass is 16.6. The van der Waals surface area contributed by atoms with Gasteiger partial charge in [0.1, 0.15) is 12.9 Å². The van der Waals surface area contributed by atoms with Crippen molar-refractivity contribution in [1.29, 1.82) is 0 Å². The van der Waals surface area contributed by atoms with Crippen molar-refractivity contribution in [3.63, 3.8) is 0 Å². The summed E-state index contributed by atoms with van der Waals surface area (Å²) in [5.41, 5.74) is 0. The number of epoxide rings is 1. The molecule has 0 saturated carbocycles. The van der Waals surface area contributed by atoms with E-state index >= 15 is 0 Å². The first-order valence-electron chi connectivity index (χ1n) is 1.84. The van der Waals surface area contributed by atoms with Gasteiger partial charge in [-0.3, -0.25) is 4.79 Å². The van der Waals surface area contributed by atoms with Crippen LogP contribution in [0.5, 0.6) is 0 Å². The minimum absolute atomic E-state index is 0.356. The summed E-state index contributed by atoms with van der Waals surface area (Å²) >= 11 is 0. The van der Waals surface area contributed by atoms with E-state index in [4.69, 9.17) is 0 Å². The third-order valence-corrected chi connectivity index (χ3v) is 0.566. The summed E-state index contributed by atoms with van der Waals surface area (Å²) in [5.74, 6) is 0.729. The van der Waals surface area contributed by atoms with E-state index in [0.29, 0.717) is 13.1 Å². The zero-order valence-corrected chi connectivity index (χ0v) is 3.59. The van der Waals surface area contributed by atoms with Crippen molar-refractivity contribution in [2.24, 2.45) is 0 Å². The quantitative estimate of drug-likeness (QED) is 0.279. The van der Waals surface area contributed by atoms with E-state index in [0.717, 1.165) is 5.76 Å². The van der Waals surface area contributed by atoms with E-state index in [1.165, 1.54) is 6.26 Å². The summed E-state index contributed by atoms with van der Waals surface area (Å²) in [6, 6.07) is 0. The van der Waals surface area contributed by atoms with E-state index in [2.05, 4.69) is 9.47 Å². The maximum atomic E-state index is 9.41. The lowest BCUT2D eigenvalue weighted by atomic mass is 10.7. The van der Waals surface area contributed by atoms with Crippen LogP contribution in [-0.2, 0) is 14.3 Å². The predicted octanol–water partition coefficient (Wildman–Crippen LogP) is 0.0310. The highest BCUT2D eigenvalue weighted by molar-refractivity contribution is 5.38. The van der Waals surface area contributed by atoms with Gasteiger partial charge >= 0.3 is 0 Å². The second kappa shape index (κ2) is 1.64. The van der Waals surface area contributed by atoms with Crippen molar-refractivity contribution >= 4 is 6.47 Å². The highest BCUT2D eigenvalue weighted by Crippen LogP contribution is 2.12. The van der Waals surface area contributed by atoms with Crippen molar-refractivity contribution in [3.8, 4) is 0 Å². The Balaban J connectivity index is 2.18. The molecule has 1 heterocycles. The van der Waals surface area contributed by atoms with Crippen LogP contribution < -0.4 is 0 Å². The first-order valence-corrected chi connectivity index (χ1v) is 1.84. The molecule has 1 aliphatic rings. The molecule has 0 aromatic carbocycles. The predicted molar refractivity (Wildman–Crippen MR) is 21.2 cm³/mol. The molecule has 3 heteroatoms. The molecule has 0 unspecified atom stereocenters. The molecule has 1 fully saturated rings. The van der Waals surface area contributed by atoms with Gasteiger partial charge in [0.2, 0.25) is 0 Å². The molecule has 0 amide bonds. The first kappa shape index (κ1) is 4.18. The molecule has 1 aliphatic heterocycles. The molecule has 0 bridgehead atoms. The van der Waals surface area contributed by atoms with Gasteiger partial charge < -0.3 is 9.47 Å². The van der Waals surface area contributed by atoms with Crippen LogP contribution in [0.15, 0.2) is 12.0 Å². The molecule has 7 heavy (non-hydrogen) atoms. The molecule has 0 radical (unpaired) electrons. The Morgan fingerprint density at radius 2 is 2.57 bits per heavy atom. The van der Waals surface area contributed by atoms with Crippen LogP contribution in [0, 0.1) is 0 Å². The van der Waals surface area contributed by atoms with Crippen LogP contribution in [0.25, 0.3) is 0 Å². The summed E-state index contributed by atoms with van der Waals surface area (Å²) in [6.45, 7) is 0.961. The number of hydrogen-bond donors (Lipinski definition) is 0. The molecule has 0 aromatic rings. The van der Waals surface area contributed by atoms with Gasteiger partial charge in [0, 0.05) is 0 Å². The van der Waals surface area contributed by atoms with Gasteiger partial charge in [-0.1, -0.05) is 0 Å². The lowest BCUT2D eigenvalue weighted by molar-refractivity contribution is -0.123. The average Bonchev–Trinajstić information content (AvgIpc) is 2.42. The standard InChI is InChI=1S/C4H4O3/c5-3-6-1-4-2-7-4/h1,3H,2H2. The van der Waals surface area contributed by atoms with Crippen molar-refractivity contribution in [2.45, 2.75) is 0 Å². The Bertz CT molecular complexity index is 99.5. The van der Waals surface area contributed by atoms with Crippen molar-refractivity contribution in [2.75, 3.05) is 6.61 Å². The van der Waals surface area contributed by atoms with Gasteiger partial charge in [-0.05, 0) is 0 Å². The van der Waals surface area contributed by atoms with Crippen LogP contribution in [-0.4, -0.2) is 13.1 Å². The normalized spacial score (nSPS) is 20.9.